The Morgan fingerprint density at radius 2 is 0.838 bits per heavy atom. The molecule has 4 aromatic rings. The number of allylic oxidation sites excluding steroid dienone is 2. The molecule has 0 fully saturated rings. The predicted molar refractivity (Wildman–Crippen MR) is 163 cm³/mol. The maximum absolute atomic E-state index is 2.61. The molecule has 0 N–H and O–H groups in total. The Balaban J connectivity index is 1.57. The third kappa shape index (κ3) is 3.71. The van der Waals surface area contributed by atoms with Gasteiger partial charge in [-0.15, -0.1) is 0 Å². The van der Waals surface area contributed by atoms with E-state index in [4.69, 9.17) is 0 Å². The Hall–Kier alpha value is -3.42. The number of hydrogen-bond donors (Lipinski definition) is 0. The van der Waals surface area contributed by atoms with Crippen molar-refractivity contribution in [2.45, 2.75) is 53.6 Å². The molecule has 0 saturated carbocycles. The van der Waals surface area contributed by atoms with Gasteiger partial charge in [0, 0.05) is 0 Å². The van der Waals surface area contributed by atoms with Crippen LogP contribution in [-0.4, -0.2) is 8.07 Å². The molecule has 0 saturated heterocycles. The minimum Gasteiger partial charge on any atom is -0.0686 e. The third-order valence-corrected chi connectivity index (χ3v) is 12.5. The summed E-state index contributed by atoms with van der Waals surface area (Å²) in [5.74, 6) is 0. The SMILES string of the molecule is CC1=C([Si](C)(C)C2=C(C)Cc3cccc(-c4ccccc4C)c32)c2c(cccc2-c2ccccc2C)C1. The largest absolute Gasteiger partial charge is 0.113 e. The third-order valence-electron chi connectivity index (χ3n) is 8.69. The zero-order valence-corrected chi connectivity index (χ0v) is 24.0. The van der Waals surface area contributed by atoms with E-state index < -0.39 is 8.07 Å². The van der Waals surface area contributed by atoms with E-state index in [1.165, 1.54) is 55.6 Å². The molecule has 37 heavy (non-hydrogen) atoms. The van der Waals surface area contributed by atoms with Crippen LogP contribution in [0.25, 0.3) is 32.6 Å². The van der Waals surface area contributed by atoms with Crippen LogP contribution >= 0.6 is 0 Å². The summed E-state index contributed by atoms with van der Waals surface area (Å²) in [7, 11) is -2.07. The van der Waals surface area contributed by atoms with Crippen LogP contribution in [0.1, 0.15) is 47.2 Å². The fourth-order valence-electron chi connectivity index (χ4n) is 7.28. The Kier molecular flexibility index (Phi) is 5.73. The Labute approximate surface area is 223 Å². The second-order valence-electron chi connectivity index (χ2n) is 11.6. The Bertz CT molecular complexity index is 1510. The van der Waals surface area contributed by atoms with Crippen molar-refractivity contribution in [3.05, 3.63) is 129 Å². The van der Waals surface area contributed by atoms with Gasteiger partial charge in [-0.05, 0) is 107 Å². The summed E-state index contributed by atoms with van der Waals surface area (Å²) in [6.45, 7) is 14.5. The minimum atomic E-state index is -2.07. The van der Waals surface area contributed by atoms with Gasteiger partial charge in [0.2, 0.25) is 0 Å². The van der Waals surface area contributed by atoms with Crippen LogP contribution in [0.2, 0.25) is 13.1 Å². The van der Waals surface area contributed by atoms with Crippen LogP contribution in [0.15, 0.2) is 96.1 Å². The molecule has 0 unspecified atom stereocenters. The highest BCUT2D eigenvalue weighted by Gasteiger charge is 2.42. The molecule has 0 amide bonds. The predicted octanol–water partition coefficient (Wildman–Crippen LogP) is 9.78. The first-order chi connectivity index (χ1) is 17.8. The second kappa shape index (κ2) is 8.85. The summed E-state index contributed by atoms with van der Waals surface area (Å²) in [5, 5.41) is 3.31. The van der Waals surface area contributed by atoms with E-state index in [9.17, 15) is 0 Å². The molecule has 0 nitrogen and oxygen atoms in total. The van der Waals surface area contributed by atoms with Gasteiger partial charge in [-0.25, -0.2) is 0 Å². The molecule has 2 aliphatic carbocycles. The summed E-state index contributed by atoms with van der Waals surface area (Å²) in [4.78, 5) is 0. The molecule has 0 atom stereocenters. The lowest BCUT2D eigenvalue weighted by molar-refractivity contribution is 1.19. The zero-order chi connectivity index (χ0) is 25.9. The van der Waals surface area contributed by atoms with Crippen LogP contribution in [0, 0.1) is 13.8 Å². The molecule has 4 aromatic carbocycles. The zero-order valence-electron chi connectivity index (χ0n) is 23.0. The van der Waals surface area contributed by atoms with Crippen molar-refractivity contribution in [2.75, 3.05) is 0 Å². The number of rotatable bonds is 4. The van der Waals surface area contributed by atoms with Crippen LogP contribution < -0.4 is 0 Å². The maximum atomic E-state index is 2.61. The van der Waals surface area contributed by atoms with Crippen LogP contribution in [0.5, 0.6) is 0 Å². The average molecular weight is 497 g/mol. The van der Waals surface area contributed by atoms with Gasteiger partial charge in [0.1, 0.15) is 8.07 Å². The molecular weight excluding hydrogens is 460 g/mol. The lowest BCUT2D eigenvalue weighted by atomic mass is 9.94. The monoisotopic (exact) mass is 496 g/mol. The standard InChI is InChI=1S/C36H36Si/c1-23-13-7-9-17-29(23)31-19-11-15-27-21-25(3)35(33(27)31)37(5,6)36-26(4)22-28-16-12-20-32(34(28)36)30-18-10-8-14-24(30)2/h7-20H,21-22H2,1-6H3. The Morgan fingerprint density at radius 1 is 0.459 bits per heavy atom. The smallest absolute Gasteiger partial charge is 0.0686 e. The van der Waals surface area contributed by atoms with Crippen molar-refractivity contribution in [1.29, 1.82) is 0 Å². The number of hydrogen-bond acceptors (Lipinski definition) is 0. The van der Waals surface area contributed by atoms with Crippen LogP contribution in [0.4, 0.5) is 0 Å². The van der Waals surface area contributed by atoms with Crippen molar-refractivity contribution < 1.29 is 0 Å². The first kappa shape index (κ1) is 23.9. The van der Waals surface area contributed by atoms with Gasteiger partial charge in [-0.2, -0.15) is 0 Å². The van der Waals surface area contributed by atoms with Gasteiger partial charge in [-0.3, -0.25) is 0 Å². The van der Waals surface area contributed by atoms with E-state index in [0.717, 1.165) is 12.8 Å². The molecule has 6 rings (SSSR count). The maximum Gasteiger partial charge on any atom is 0.113 e. The molecule has 1 heteroatoms. The highest BCUT2D eigenvalue weighted by Crippen LogP contribution is 2.52. The number of benzene rings is 4. The first-order valence-electron chi connectivity index (χ1n) is 13.6. The van der Waals surface area contributed by atoms with E-state index in [-0.39, 0.29) is 0 Å². The number of fused-ring (bicyclic) bond motifs is 2. The van der Waals surface area contributed by atoms with E-state index >= 15 is 0 Å². The highest BCUT2D eigenvalue weighted by atomic mass is 28.3. The summed E-state index contributed by atoms with van der Waals surface area (Å²) in [6.07, 6.45) is 2.14. The molecule has 2 aliphatic rings. The molecule has 0 heterocycles. The lowest BCUT2D eigenvalue weighted by Crippen LogP contribution is -2.31. The lowest BCUT2D eigenvalue weighted by Gasteiger charge is -2.32. The molecule has 0 aliphatic heterocycles. The van der Waals surface area contributed by atoms with Gasteiger partial charge >= 0.3 is 0 Å². The van der Waals surface area contributed by atoms with Gasteiger partial charge in [-0.1, -0.05) is 109 Å². The van der Waals surface area contributed by atoms with Gasteiger partial charge < -0.3 is 0 Å². The van der Waals surface area contributed by atoms with Crippen molar-refractivity contribution in [3.8, 4) is 22.3 Å². The Morgan fingerprint density at radius 3 is 1.24 bits per heavy atom. The first-order valence-corrected chi connectivity index (χ1v) is 16.6. The molecule has 184 valence electrons. The summed E-state index contributed by atoms with van der Waals surface area (Å²) < 4.78 is 0. The molecule has 0 radical (unpaired) electrons. The van der Waals surface area contributed by atoms with Crippen molar-refractivity contribution in [3.63, 3.8) is 0 Å². The molecule has 0 aromatic heterocycles. The fraction of sp³-hybridized carbons (Fsp3) is 0.222. The van der Waals surface area contributed by atoms with E-state index in [1.54, 1.807) is 21.5 Å². The summed E-state index contributed by atoms with van der Waals surface area (Å²) >= 11 is 0. The average Bonchev–Trinajstić information content (AvgIpc) is 3.41. The van der Waals surface area contributed by atoms with Gasteiger partial charge in [0.15, 0.2) is 0 Å². The summed E-state index contributed by atoms with van der Waals surface area (Å²) in [6, 6.07) is 31.7. The normalized spacial score (nSPS) is 14.9. The number of aryl methyl sites for hydroxylation is 2. The van der Waals surface area contributed by atoms with Crippen molar-refractivity contribution in [1.82, 2.24) is 0 Å². The van der Waals surface area contributed by atoms with E-state index in [1.807, 2.05) is 0 Å². The van der Waals surface area contributed by atoms with Gasteiger partial charge in [0.25, 0.3) is 0 Å². The minimum absolute atomic E-state index is 1.07. The topological polar surface area (TPSA) is 0 Å². The van der Waals surface area contributed by atoms with Crippen LogP contribution in [-0.2, 0) is 12.8 Å². The summed E-state index contributed by atoms with van der Waals surface area (Å²) in [5.41, 5.74) is 17.4. The second-order valence-corrected chi connectivity index (χ2v) is 15.8. The van der Waals surface area contributed by atoms with E-state index in [0.29, 0.717) is 0 Å². The molecule has 0 spiro atoms. The molecule has 0 bridgehead atoms. The van der Waals surface area contributed by atoms with E-state index in [2.05, 4.69) is 126 Å². The highest BCUT2D eigenvalue weighted by molar-refractivity contribution is 7.09. The van der Waals surface area contributed by atoms with Crippen LogP contribution in [0.3, 0.4) is 0 Å². The molecular formula is C36H36Si. The fourth-order valence-corrected chi connectivity index (χ4v) is 11.7. The van der Waals surface area contributed by atoms with Crippen molar-refractivity contribution in [2.24, 2.45) is 0 Å². The quantitative estimate of drug-likeness (QED) is 0.247. The van der Waals surface area contributed by atoms with Gasteiger partial charge in [0.05, 0.1) is 0 Å². The van der Waals surface area contributed by atoms with Crippen molar-refractivity contribution >= 4 is 18.5 Å².